The van der Waals surface area contributed by atoms with Crippen LogP contribution < -0.4 is 14.8 Å². The summed E-state index contributed by atoms with van der Waals surface area (Å²) in [4.78, 5) is 15.0. The maximum Gasteiger partial charge on any atom is 0.251 e. The number of ether oxygens (including phenoxy) is 2. The molecule has 2 saturated heterocycles. The zero-order valence-corrected chi connectivity index (χ0v) is 17.9. The molecule has 150 valence electrons. The fraction of sp³-hybridized carbons (Fsp3) is 0.611. The molecule has 0 bridgehead atoms. The fourth-order valence-electron chi connectivity index (χ4n) is 3.83. The molecule has 1 aromatic rings. The van der Waals surface area contributed by atoms with Gasteiger partial charge in [-0.2, -0.15) is 0 Å². The number of piperidine rings is 1. The Hall–Kier alpha value is -1.32. The molecule has 0 unspecified atom stereocenters. The Morgan fingerprint density at radius 2 is 1.70 bits per heavy atom. The molecule has 2 atom stereocenters. The summed E-state index contributed by atoms with van der Waals surface area (Å²) in [6, 6.07) is 2.64. The average molecular weight is 461 g/mol. The Kier molecular flexibility index (Phi) is 6.32. The predicted octanol–water partition coefficient (Wildman–Crippen LogP) is 1.85. The molecule has 7 nitrogen and oxygen atoms in total. The third-order valence-corrected chi connectivity index (χ3v) is 7.70. The molecular weight excluding hydrogens is 436 g/mol. The summed E-state index contributed by atoms with van der Waals surface area (Å²) in [6.45, 7) is 1.76. The van der Waals surface area contributed by atoms with Crippen molar-refractivity contribution in [2.75, 3.05) is 38.8 Å². The molecule has 0 radical (unpaired) electrons. The number of hydrogen-bond acceptors (Lipinski definition) is 6. The Bertz CT molecular complexity index is 783. The maximum atomic E-state index is 12.8. The molecule has 1 amide bonds. The van der Waals surface area contributed by atoms with Gasteiger partial charge in [0.05, 0.1) is 31.8 Å². The van der Waals surface area contributed by atoms with E-state index in [1.165, 1.54) is 20.6 Å². The van der Waals surface area contributed by atoms with E-state index in [2.05, 4.69) is 26.1 Å². The molecule has 0 aliphatic carbocycles. The van der Waals surface area contributed by atoms with E-state index in [0.29, 0.717) is 21.5 Å². The van der Waals surface area contributed by atoms with E-state index in [9.17, 15) is 13.2 Å². The van der Waals surface area contributed by atoms with Gasteiger partial charge in [-0.1, -0.05) is 6.42 Å². The van der Waals surface area contributed by atoms with Gasteiger partial charge in [0.2, 0.25) is 0 Å². The van der Waals surface area contributed by atoms with Crippen LogP contribution in [0, 0.1) is 0 Å². The minimum absolute atomic E-state index is 0.0231. The number of carbonyl (C=O) groups is 1. The van der Waals surface area contributed by atoms with Gasteiger partial charge in [-0.05, 0) is 54.0 Å². The van der Waals surface area contributed by atoms with Gasteiger partial charge in [0.1, 0.15) is 16.0 Å². The lowest BCUT2D eigenvalue weighted by molar-refractivity contribution is 0.0899. The number of nitrogens with zero attached hydrogens (tertiary/aromatic N) is 1. The van der Waals surface area contributed by atoms with Crippen molar-refractivity contribution in [1.29, 1.82) is 0 Å². The highest BCUT2D eigenvalue weighted by molar-refractivity contribution is 9.10. The standard InChI is InChI=1S/C18H25BrN2O5S/c1-25-15-8-12(9-16(26-2)17(15)19)18(22)20-13-10-27(23,24)11-14(13)21-6-4-3-5-7-21/h8-9,13-14H,3-7,10-11H2,1-2H3,(H,20,22)/t13-,14-/m0/s1. The summed E-state index contributed by atoms with van der Waals surface area (Å²) in [5, 5.41) is 2.93. The Labute approximate surface area is 168 Å². The lowest BCUT2D eigenvalue weighted by Gasteiger charge is -2.35. The lowest BCUT2D eigenvalue weighted by Crippen LogP contribution is -2.52. The Morgan fingerprint density at radius 1 is 1.11 bits per heavy atom. The maximum absolute atomic E-state index is 12.8. The summed E-state index contributed by atoms with van der Waals surface area (Å²) in [5.74, 6) is 0.704. The highest BCUT2D eigenvalue weighted by Gasteiger charge is 2.42. The highest BCUT2D eigenvalue weighted by atomic mass is 79.9. The first-order chi connectivity index (χ1) is 12.8. The first-order valence-electron chi connectivity index (χ1n) is 9.01. The molecule has 2 fully saturated rings. The topological polar surface area (TPSA) is 84.9 Å². The first-order valence-corrected chi connectivity index (χ1v) is 11.6. The van der Waals surface area contributed by atoms with E-state index in [-0.39, 0.29) is 23.5 Å². The number of methoxy groups -OCH3 is 2. The van der Waals surface area contributed by atoms with Gasteiger partial charge in [0, 0.05) is 11.6 Å². The molecular formula is C18H25BrN2O5S. The van der Waals surface area contributed by atoms with Crippen LogP contribution in [0.1, 0.15) is 29.6 Å². The van der Waals surface area contributed by atoms with Crippen molar-refractivity contribution in [2.45, 2.75) is 31.3 Å². The summed E-state index contributed by atoms with van der Waals surface area (Å²) in [6.07, 6.45) is 3.31. The molecule has 9 heteroatoms. The molecule has 27 heavy (non-hydrogen) atoms. The van der Waals surface area contributed by atoms with Crippen molar-refractivity contribution in [3.63, 3.8) is 0 Å². The number of amides is 1. The number of carbonyl (C=O) groups excluding carboxylic acids is 1. The van der Waals surface area contributed by atoms with Crippen LogP contribution in [-0.2, 0) is 9.84 Å². The van der Waals surface area contributed by atoms with Crippen LogP contribution >= 0.6 is 15.9 Å². The van der Waals surface area contributed by atoms with E-state index in [1.807, 2.05) is 0 Å². The van der Waals surface area contributed by atoms with E-state index in [1.54, 1.807) is 12.1 Å². The molecule has 1 N–H and O–H groups in total. The Balaban J connectivity index is 1.81. The van der Waals surface area contributed by atoms with Gasteiger partial charge in [-0.15, -0.1) is 0 Å². The molecule has 2 aliphatic heterocycles. The van der Waals surface area contributed by atoms with Crippen molar-refractivity contribution in [2.24, 2.45) is 0 Å². The second-order valence-electron chi connectivity index (χ2n) is 7.02. The van der Waals surface area contributed by atoms with Crippen LogP contribution in [0.3, 0.4) is 0 Å². The monoisotopic (exact) mass is 460 g/mol. The number of benzene rings is 1. The van der Waals surface area contributed by atoms with Crippen LogP contribution in [0.5, 0.6) is 11.5 Å². The third kappa shape index (κ3) is 4.57. The van der Waals surface area contributed by atoms with Gasteiger partial charge in [-0.3, -0.25) is 9.69 Å². The van der Waals surface area contributed by atoms with Crippen molar-refractivity contribution in [1.82, 2.24) is 10.2 Å². The molecule has 1 aromatic carbocycles. The number of halogens is 1. The average Bonchev–Trinajstić information content (AvgIpc) is 2.96. The summed E-state index contributed by atoms with van der Waals surface area (Å²) >= 11 is 3.38. The summed E-state index contributed by atoms with van der Waals surface area (Å²) in [5.41, 5.74) is 0.369. The zero-order valence-electron chi connectivity index (χ0n) is 15.5. The quantitative estimate of drug-likeness (QED) is 0.721. The van der Waals surface area contributed by atoms with Crippen LogP contribution in [0.25, 0.3) is 0 Å². The summed E-state index contributed by atoms with van der Waals surface area (Å²) in [7, 11) is -0.145. The Morgan fingerprint density at radius 3 is 2.26 bits per heavy atom. The molecule has 0 aromatic heterocycles. The van der Waals surface area contributed by atoms with E-state index in [0.717, 1.165) is 25.9 Å². The second-order valence-corrected chi connectivity index (χ2v) is 9.96. The highest BCUT2D eigenvalue weighted by Crippen LogP contribution is 2.35. The van der Waals surface area contributed by atoms with Crippen LogP contribution in [0.4, 0.5) is 0 Å². The van der Waals surface area contributed by atoms with E-state index in [4.69, 9.17) is 9.47 Å². The zero-order chi connectivity index (χ0) is 19.6. The number of rotatable bonds is 5. The fourth-order valence-corrected chi connectivity index (χ4v) is 6.33. The summed E-state index contributed by atoms with van der Waals surface area (Å²) < 4.78 is 35.7. The van der Waals surface area contributed by atoms with Gasteiger partial charge in [0.15, 0.2) is 9.84 Å². The molecule has 0 spiro atoms. The number of sulfone groups is 1. The van der Waals surface area contributed by atoms with Gasteiger partial charge < -0.3 is 14.8 Å². The van der Waals surface area contributed by atoms with E-state index < -0.39 is 15.9 Å². The third-order valence-electron chi connectivity index (χ3n) is 5.21. The van der Waals surface area contributed by atoms with Crippen molar-refractivity contribution < 1.29 is 22.7 Å². The smallest absolute Gasteiger partial charge is 0.251 e. The SMILES string of the molecule is COc1cc(C(=O)N[C@H]2CS(=O)(=O)C[C@@H]2N2CCCCC2)cc(OC)c1Br. The van der Waals surface area contributed by atoms with Crippen molar-refractivity contribution >= 4 is 31.7 Å². The number of hydrogen-bond donors (Lipinski definition) is 1. The first kappa shape index (κ1) is 20.4. The van der Waals surface area contributed by atoms with Gasteiger partial charge in [-0.25, -0.2) is 8.42 Å². The largest absolute Gasteiger partial charge is 0.495 e. The van der Waals surface area contributed by atoms with Crippen LogP contribution in [0.2, 0.25) is 0 Å². The number of nitrogens with one attached hydrogen (secondary N) is 1. The lowest BCUT2D eigenvalue weighted by atomic mass is 10.0. The second kappa shape index (κ2) is 8.36. The van der Waals surface area contributed by atoms with Crippen LogP contribution in [-0.4, -0.2) is 70.1 Å². The normalized spacial score (nSPS) is 25.1. The van der Waals surface area contributed by atoms with Gasteiger partial charge in [0.25, 0.3) is 5.91 Å². The number of likely N-dealkylation sites (tertiary alicyclic amines) is 1. The molecule has 2 heterocycles. The molecule has 2 aliphatic rings. The minimum atomic E-state index is -3.17. The minimum Gasteiger partial charge on any atom is -0.495 e. The predicted molar refractivity (Wildman–Crippen MR) is 106 cm³/mol. The van der Waals surface area contributed by atoms with E-state index >= 15 is 0 Å². The van der Waals surface area contributed by atoms with Gasteiger partial charge >= 0.3 is 0 Å². The molecule has 0 saturated carbocycles. The molecule has 3 rings (SSSR count). The van der Waals surface area contributed by atoms with Crippen molar-refractivity contribution in [3.05, 3.63) is 22.2 Å². The van der Waals surface area contributed by atoms with Crippen LogP contribution in [0.15, 0.2) is 16.6 Å². The van der Waals surface area contributed by atoms with Crippen molar-refractivity contribution in [3.8, 4) is 11.5 Å².